The number of hydrogen-bond donors (Lipinski definition) is 1. The summed E-state index contributed by atoms with van der Waals surface area (Å²) in [6, 6.07) is 15.3. The molecule has 0 bridgehead atoms. The highest BCUT2D eigenvalue weighted by atomic mass is 16.5. The zero-order valence-electron chi connectivity index (χ0n) is 15.5. The summed E-state index contributed by atoms with van der Waals surface area (Å²) in [7, 11) is 5.44. The van der Waals surface area contributed by atoms with Crippen molar-refractivity contribution in [2.75, 3.05) is 21.2 Å². The van der Waals surface area contributed by atoms with Crippen LogP contribution in [0.4, 0.5) is 0 Å². The number of carbonyl (C=O) groups is 1. The molecule has 1 unspecified atom stereocenters. The van der Waals surface area contributed by atoms with E-state index in [4.69, 9.17) is 4.74 Å². The zero-order chi connectivity index (χ0) is 18.4. The monoisotopic (exact) mass is 341 g/mol. The number of hydrogen-bond acceptors (Lipinski definition) is 4. The first-order valence-electron chi connectivity index (χ1n) is 8.52. The minimum Gasteiger partial charge on any atom is -0.496 e. The Labute approximate surface area is 150 Å². The zero-order valence-corrected chi connectivity index (χ0v) is 15.5. The fourth-order valence-electron chi connectivity index (χ4n) is 3.26. The van der Waals surface area contributed by atoms with E-state index in [1.165, 1.54) is 0 Å². The van der Waals surface area contributed by atoms with Gasteiger partial charge in [-0.2, -0.15) is 0 Å². The second kappa shape index (κ2) is 8.28. The molecule has 1 N–H and O–H groups in total. The molecular formula is C21H27NO3. The van der Waals surface area contributed by atoms with E-state index >= 15 is 0 Å². The molecule has 0 aromatic heterocycles. The number of ketones is 1. The molecule has 0 heterocycles. The Morgan fingerprint density at radius 2 is 1.84 bits per heavy atom. The lowest BCUT2D eigenvalue weighted by Gasteiger charge is -2.38. The Kier molecular flexibility index (Phi) is 6.34. The van der Waals surface area contributed by atoms with Crippen LogP contribution in [0.25, 0.3) is 0 Å². The van der Waals surface area contributed by atoms with Gasteiger partial charge in [0, 0.05) is 11.1 Å². The minimum atomic E-state index is -0.632. The summed E-state index contributed by atoms with van der Waals surface area (Å²) in [5.41, 5.74) is 1.77. The third-order valence-corrected chi connectivity index (χ3v) is 4.92. The Hall–Kier alpha value is -2.17. The molecule has 2 aromatic rings. The number of Topliss-reactive ketones (excluding diaryl/α,β-unsaturated/α-hetero) is 1. The van der Waals surface area contributed by atoms with Crippen molar-refractivity contribution in [1.82, 2.24) is 4.90 Å². The molecule has 0 aliphatic heterocycles. The largest absolute Gasteiger partial charge is 0.496 e. The van der Waals surface area contributed by atoms with Crippen LogP contribution in [0.1, 0.15) is 34.8 Å². The Morgan fingerprint density at radius 1 is 1.16 bits per heavy atom. The van der Waals surface area contributed by atoms with E-state index < -0.39 is 5.54 Å². The van der Waals surface area contributed by atoms with Gasteiger partial charge in [-0.05, 0) is 38.6 Å². The topological polar surface area (TPSA) is 49.8 Å². The highest BCUT2D eigenvalue weighted by Crippen LogP contribution is 2.30. The molecule has 2 aromatic carbocycles. The number of nitrogens with zero attached hydrogens (tertiary/aromatic N) is 1. The molecule has 0 aliphatic carbocycles. The predicted octanol–water partition coefficient (Wildman–Crippen LogP) is 3.32. The van der Waals surface area contributed by atoms with Gasteiger partial charge in [0.1, 0.15) is 5.75 Å². The van der Waals surface area contributed by atoms with E-state index in [1.54, 1.807) is 25.3 Å². The van der Waals surface area contributed by atoms with Crippen molar-refractivity contribution in [3.8, 4) is 5.75 Å². The van der Waals surface area contributed by atoms with Crippen molar-refractivity contribution < 1.29 is 14.6 Å². The van der Waals surface area contributed by atoms with Gasteiger partial charge in [0.2, 0.25) is 0 Å². The van der Waals surface area contributed by atoms with Crippen molar-refractivity contribution in [2.24, 2.45) is 0 Å². The van der Waals surface area contributed by atoms with Gasteiger partial charge >= 0.3 is 0 Å². The molecule has 4 nitrogen and oxygen atoms in total. The highest BCUT2D eigenvalue weighted by molar-refractivity contribution is 6.03. The average Bonchev–Trinajstić information content (AvgIpc) is 2.65. The fourth-order valence-corrected chi connectivity index (χ4v) is 3.26. The minimum absolute atomic E-state index is 0.0617. The van der Waals surface area contributed by atoms with Crippen LogP contribution < -0.4 is 4.74 Å². The molecule has 0 fully saturated rings. The second-order valence-corrected chi connectivity index (χ2v) is 6.46. The fraction of sp³-hybridized carbons (Fsp3) is 0.381. The van der Waals surface area contributed by atoms with Gasteiger partial charge in [-0.3, -0.25) is 9.69 Å². The van der Waals surface area contributed by atoms with Crippen LogP contribution in [-0.2, 0) is 13.0 Å². The van der Waals surface area contributed by atoms with Gasteiger partial charge in [0.15, 0.2) is 5.78 Å². The molecule has 0 radical (unpaired) electrons. The smallest absolute Gasteiger partial charge is 0.183 e. The third-order valence-electron chi connectivity index (χ3n) is 4.92. The maximum Gasteiger partial charge on any atom is 0.183 e. The van der Waals surface area contributed by atoms with E-state index in [0.29, 0.717) is 29.7 Å². The predicted molar refractivity (Wildman–Crippen MR) is 100 cm³/mol. The van der Waals surface area contributed by atoms with E-state index in [2.05, 4.69) is 12.1 Å². The Bertz CT molecular complexity index is 712. The molecule has 25 heavy (non-hydrogen) atoms. The lowest BCUT2D eigenvalue weighted by atomic mass is 9.80. The summed E-state index contributed by atoms with van der Waals surface area (Å²) in [5, 5.41) is 9.39. The van der Waals surface area contributed by atoms with Crippen LogP contribution in [-0.4, -0.2) is 42.5 Å². The molecule has 0 saturated carbocycles. The molecule has 1 atom stereocenters. The van der Waals surface area contributed by atoms with Crippen molar-refractivity contribution in [1.29, 1.82) is 0 Å². The number of carbonyl (C=O) groups excluding carboxylic acids is 1. The number of aliphatic hydroxyl groups is 1. The molecule has 0 amide bonds. The number of rotatable bonds is 8. The third kappa shape index (κ3) is 3.91. The van der Waals surface area contributed by atoms with Crippen LogP contribution in [0, 0.1) is 0 Å². The summed E-state index contributed by atoms with van der Waals surface area (Å²) in [5.74, 6) is 0.600. The van der Waals surface area contributed by atoms with Crippen molar-refractivity contribution in [3.63, 3.8) is 0 Å². The number of likely N-dealkylation sites (N-methyl/N-ethyl adjacent to an activating group) is 1. The van der Waals surface area contributed by atoms with Gasteiger partial charge in [0.05, 0.1) is 19.3 Å². The van der Waals surface area contributed by atoms with Gasteiger partial charge in [0.25, 0.3) is 0 Å². The van der Waals surface area contributed by atoms with Crippen LogP contribution >= 0.6 is 0 Å². The van der Waals surface area contributed by atoms with Gasteiger partial charge in [-0.1, -0.05) is 49.4 Å². The molecule has 0 aliphatic rings. The van der Waals surface area contributed by atoms with Gasteiger partial charge < -0.3 is 9.84 Å². The second-order valence-electron chi connectivity index (χ2n) is 6.46. The lowest BCUT2D eigenvalue weighted by Crippen LogP contribution is -2.52. The van der Waals surface area contributed by atoms with E-state index in [0.717, 1.165) is 5.56 Å². The van der Waals surface area contributed by atoms with E-state index in [1.807, 2.05) is 44.1 Å². The summed E-state index contributed by atoms with van der Waals surface area (Å²) < 4.78 is 5.33. The maximum atomic E-state index is 13.5. The molecule has 4 heteroatoms. The van der Waals surface area contributed by atoms with Crippen LogP contribution in [0.2, 0.25) is 0 Å². The number of methoxy groups -OCH3 is 1. The molecule has 0 saturated heterocycles. The van der Waals surface area contributed by atoms with E-state index in [9.17, 15) is 9.90 Å². The van der Waals surface area contributed by atoms with Crippen LogP contribution in [0.3, 0.4) is 0 Å². The number of benzene rings is 2. The maximum absolute atomic E-state index is 13.5. The lowest BCUT2D eigenvalue weighted by molar-refractivity contribution is 0.0666. The quantitative estimate of drug-likeness (QED) is 0.748. The number of ether oxygens (including phenoxy) is 1. The van der Waals surface area contributed by atoms with Crippen molar-refractivity contribution in [2.45, 2.75) is 31.9 Å². The molecule has 2 rings (SSSR count). The van der Waals surface area contributed by atoms with E-state index in [-0.39, 0.29) is 12.4 Å². The molecule has 0 spiro atoms. The SMILES string of the molecule is CCC(Cc1ccccc1)(C(=O)c1ccc(CO)c(OC)c1)N(C)C. The van der Waals surface area contributed by atoms with Crippen LogP contribution in [0.15, 0.2) is 48.5 Å². The Morgan fingerprint density at radius 3 is 2.36 bits per heavy atom. The van der Waals surface area contributed by atoms with Crippen LogP contribution in [0.5, 0.6) is 5.75 Å². The summed E-state index contributed by atoms with van der Waals surface area (Å²) in [6.45, 7) is 1.93. The summed E-state index contributed by atoms with van der Waals surface area (Å²) >= 11 is 0. The highest BCUT2D eigenvalue weighted by Gasteiger charge is 2.39. The summed E-state index contributed by atoms with van der Waals surface area (Å²) in [4.78, 5) is 15.5. The van der Waals surface area contributed by atoms with Crippen molar-refractivity contribution >= 4 is 5.78 Å². The normalized spacial score (nSPS) is 13.5. The first-order chi connectivity index (χ1) is 12.0. The average molecular weight is 341 g/mol. The summed E-state index contributed by atoms with van der Waals surface area (Å²) in [6.07, 6.45) is 1.33. The van der Waals surface area contributed by atoms with Gasteiger partial charge in [-0.15, -0.1) is 0 Å². The first kappa shape index (κ1) is 19.2. The standard InChI is InChI=1S/C21H27NO3/c1-5-21(22(2)3,14-16-9-7-6-8-10-16)20(24)17-11-12-18(15-23)19(13-17)25-4/h6-13,23H,5,14-15H2,1-4H3. The van der Waals surface area contributed by atoms with Crippen molar-refractivity contribution in [3.05, 3.63) is 65.2 Å². The van der Waals surface area contributed by atoms with Gasteiger partial charge in [-0.25, -0.2) is 0 Å². The number of aliphatic hydroxyl groups excluding tert-OH is 1. The molecular weight excluding hydrogens is 314 g/mol. The Balaban J connectivity index is 2.45. The first-order valence-corrected chi connectivity index (χ1v) is 8.52. The molecule has 134 valence electrons.